The maximum absolute atomic E-state index is 5.85. The van der Waals surface area contributed by atoms with E-state index in [-0.39, 0.29) is 0 Å². The first-order valence-electron chi connectivity index (χ1n) is 6.07. The van der Waals surface area contributed by atoms with Gasteiger partial charge in [-0.3, -0.25) is 5.10 Å². The second kappa shape index (κ2) is 4.31. The molecule has 0 radical (unpaired) electrons. The van der Waals surface area contributed by atoms with Crippen molar-refractivity contribution in [1.29, 1.82) is 0 Å². The van der Waals surface area contributed by atoms with Gasteiger partial charge < -0.3 is 10.5 Å². The zero-order valence-corrected chi connectivity index (χ0v) is 10.9. The van der Waals surface area contributed by atoms with E-state index < -0.39 is 0 Å². The van der Waals surface area contributed by atoms with E-state index in [1.807, 2.05) is 43.3 Å². The summed E-state index contributed by atoms with van der Waals surface area (Å²) in [6.45, 7) is 2.03. The number of aryl methyl sites for hydroxylation is 1. The van der Waals surface area contributed by atoms with Crippen molar-refractivity contribution >= 4 is 16.6 Å². The average Bonchev–Trinajstić information content (AvgIpc) is 2.81. The summed E-state index contributed by atoms with van der Waals surface area (Å²) in [4.78, 5) is 0. The summed E-state index contributed by atoms with van der Waals surface area (Å²) in [5.74, 6) is 0.816. The van der Waals surface area contributed by atoms with Crippen LogP contribution < -0.4 is 10.5 Å². The van der Waals surface area contributed by atoms with Crippen LogP contribution in [0, 0.1) is 6.92 Å². The van der Waals surface area contributed by atoms with Crippen molar-refractivity contribution in [1.82, 2.24) is 10.2 Å². The van der Waals surface area contributed by atoms with E-state index in [0.717, 1.165) is 39.2 Å². The number of aromatic nitrogens is 2. The molecule has 2 aromatic carbocycles. The number of rotatable bonds is 2. The Kier molecular flexibility index (Phi) is 2.63. The summed E-state index contributed by atoms with van der Waals surface area (Å²) in [7, 11) is 1.67. The smallest absolute Gasteiger partial charge is 0.128 e. The number of nitrogens with zero attached hydrogens (tertiary/aromatic N) is 1. The Hall–Kier alpha value is -2.49. The van der Waals surface area contributed by atoms with Crippen molar-refractivity contribution in [3.63, 3.8) is 0 Å². The van der Waals surface area contributed by atoms with Gasteiger partial charge in [-0.05, 0) is 42.8 Å². The van der Waals surface area contributed by atoms with Crippen molar-refractivity contribution < 1.29 is 4.74 Å². The number of hydrogen-bond donors (Lipinski definition) is 2. The topological polar surface area (TPSA) is 63.9 Å². The standard InChI is InChI=1S/C15H15N3O/c1-9-3-5-11(14(7-9)19-2)15-12-8-10(16)4-6-13(12)17-18-15/h3-8H,16H2,1-2H3,(H,17,18). The molecule has 0 aliphatic carbocycles. The van der Waals surface area contributed by atoms with Gasteiger partial charge in [0.15, 0.2) is 0 Å². The summed E-state index contributed by atoms with van der Waals surface area (Å²) in [5.41, 5.74) is 10.5. The molecular formula is C15H15N3O. The molecule has 4 nitrogen and oxygen atoms in total. The summed E-state index contributed by atoms with van der Waals surface area (Å²) in [6, 6.07) is 11.8. The first kappa shape index (κ1) is 11.6. The van der Waals surface area contributed by atoms with Gasteiger partial charge in [0.1, 0.15) is 11.4 Å². The molecule has 1 heterocycles. The van der Waals surface area contributed by atoms with Crippen molar-refractivity contribution in [2.75, 3.05) is 12.8 Å². The van der Waals surface area contributed by atoms with Gasteiger partial charge in [0.05, 0.1) is 12.6 Å². The number of benzene rings is 2. The molecule has 1 aromatic heterocycles. The molecule has 19 heavy (non-hydrogen) atoms. The maximum atomic E-state index is 5.85. The Morgan fingerprint density at radius 2 is 2.00 bits per heavy atom. The lowest BCUT2D eigenvalue weighted by atomic mass is 10.0. The third-order valence-corrected chi connectivity index (χ3v) is 3.20. The fraction of sp³-hybridized carbons (Fsp3) is 0.133. The van der Waals surface area contributed by atoms with Crippen LogP contribution in [0.3, 0.4) is 0 Å². The van der Waals surface area contributed by atoms with Crippen LogP contribution in [0.2, 0.25) is 0 Å². The van der Waals surface area contributed by atoms with Crippen LogP contribution in [0.4, 0.5) is 5.69 Å². The highest BCUT2D eigenvalue weighted by molar-refractivity contribution is 5.96. The van der Waals surface area contributed by atoms with Gasteiger partial charge in [-0.1, -0.05) is 6.07 Å². The van der Waals surface area contributed by atoms with Crippen LogP contribution >= 0.6 is 0 Å². The minimum Gasteiger partial charge on any atom is -0.496 e. The summed E-state index contributed by atoms with van der Waals surface area (Å²) in [6.07, 6.45) is 0. The average molecular weight is 253 g/mol. The normalized spacial score (nSPS) is 10.8. The largest absolute Gasteiger partial charge is 0.496 e. The molecule has 0 fully saturated rings. The number of H-pyrrole nitrogens is 1. The number of nitrogens with one attached hydrogen (secondary N) is 1. The first-order valence-corrected chi connectivity index (χ1v) is 6.07. The van der Waals surface area contributed by atoms with Crippen molar-refractivity contribution in [2.45, 2.75) is 6.92 Å². The highest BCUT2D eigenvalue weighted by Crippen LogP contribution is 2.34. The van der Waals surface area contributed by atoms with Crippen LogP contribution in [-0.4, -0.2) is 17.3 Å². The third-order valence-electron chi connectivity index (χ3n) is 3.20. The van der Waals surface area contributed by atoms with Crippen LogP contribution in [0.5, 0.6) is 5.75 Å². The minimum absolute atomic E-state index is 0.723. The second-order valence-electron chi connectivity index (χ2n) is 4.58. The Bertz CT molecular complexity index is 746. The maximum Gasteiger partial charge on any atom is 0.128 e. The number of anilines is 1. The molecule has 0 aliphatic heterocycles. The fourth-order valence-corrected chi connectivity index (χ4v) is 2.23. The van der Waals surface area contributed by atoms with E-state index in [4.69, 9.17) is 10.5 Å². The van der Waals surface area contributed by atoms with Gasteiger partial charge in [0.25, 0.3) is 0 Å². The van der Waals surface area contributed by atoms with Crippen LogP contribution in [-0.2, 0) is 0 Å². The zero-order chi connectivity index (χ0) is 13.4. The zero-order valence-electron chi connectivity index (χ0n) is 10.9. The Labute approximate surface area is 111 Å². The Morgan fingerprint density at radius 3 is 2.79 bits per heavy atom. The van der Waals surface area contributed by atoms with Gasteiger partial charge in [0.2, 0.25) is 0 Å². The van der Waals surface area contributed by atoms with Gasteiger partial charge in [-0.2, -0.15) is 5.10 Å². The van der Waals surface area contributed by atoms with E-state index in [2.05, 4.69) is 10.2 Å². The summed E-state index contributed by atoms with van der Waals surface area (Å²) < 4.78 is 5.44. The number of nitrogens with two attached hydrogens (primary N) is 1. The van der Waals surface area contributed by atoms with Gasteiger partial charge >= 0.3 is 0 Å². The highest BCUT2D eigenvalue weighted by Gasteiger charge is 2.13. The fourth-order valence-electron chi connectivity index (χ4n) is 2.23. The molecule has 0 saturated carbocycles. The lowest BCUT2D eigenvalue weighted by molar-refractivity contribution is 0.416. The van der Waals surface area contributed by atoms with E-state index in [9.17, 15) is 0 Å². The molecule has 96 valence electrons. The predicted octanol–water partition coefficient (Wildman–Crippen LogP) is 3.13. The SMILES string of the molecule is COc1cc(C)ccc1-c1n[nH]c2ccc(N)cc12. The predicted molar refractivity (Wildman–Crippen MR) is 77.2 cm³/mol. The summed E-state index contributed by atoms with van der Waals surface area (Å²) in [5, 5.41) is 8.41. The van der Waals surface area contributed by atoms with Crippen molar-refractivity contribution in [3.05, 3.63) is 42.0 Å². The lowest BCUT2D eigenvalue weighted by Crippen LogP contribution is -1.90. The lowest BCUT2D eigenvalue weighted by Gasteiger charge is -2.07. The van der Waals surface area contributed by atoms with Gasteiger partial charge in [-0.15, -0.1) is 0 Å². The number of aromatic amines is 1. The Balaban J connectivity index is 2.27. The first-order chi connectivity index (χ1) is 9.19. The quantitative estimate of drug-likeness (QED) is 0.690. The molecule has 3 aromatic rings. The van der Waals surface area contributed by atoms with Crippen molar-refractivity contribution in [3.8, 4) is 17.0 Å². The molecule has 0 atom stereocenters. The monoisotopic (exact) mass is 253 g/mol. The number of ether oxygens (including phenoxy) is 1. The molecule has 0 bridgehead atoms. The van der Waals surface area contributed by atoms with E-state index in [1.54, 1.807) is 7.11 Å². The number of nitrogen functional groups attached to an aromatic ring is 1. The molecule has 3 rings (SSSR count). The molecule has 0 spiro atoms. The molecule has 0 unspecified atom stereocenters. The molecule has 0 saturated heterocycles. The number of methoxy groups -OCH3 is 1. The van der Waals surface area contributed by atoms with Crippen LogP contribution in [0.25, 0.3) is 22.2 Å². The van der Waals surface area contributed by atoms with Crippen molar-refractivity contribution in [2.24, 2.45) is 0 Å². The van der Waals surface area contributed by atoms with E-state index in [1.165, 1.54) is 0 Å². The molecule has 0 aliphatic rings. The molecule has 4 heteroatoms. The molecular weight excluding hydrogens is 238 g/mol. The Morgan fingerprint density at radius 1 is 1.16 bits per heavy atom. The van der Waals surface area contributed by atoms with E-state index in [0.29, 0.717) is 0 Å². The highest BCUT2D eigenvalue weighted by atomic mass is 16.5. The molecule has 0 amide bonds. The van der Waals surface area contributed by atoms with Crippen LogP contribution in [0.1, 0.15) is 5.56 Å². The molecule has 3 N–H and O–H groups in total. The van der Waals surface area contributed by atoms with E-state index >= 15 is 0 Å². The van der Waals surface area contributed by atoms with Gasteiger partial charge in [-0.25, -0.2) is 0 Å². The van der Waals surface area contributed by atoms with Crippen LogP contribution in [0.15, 0.2) is 36.4 Å². The number of hydrogen-bond acceptors (Lipinski definition) is 3. The minimum atomic E-state index is 0.723. The second-order valence-corrected chi connectivity index (χ2v) is 4.58. The summed E-state index contributed by atoms with van der Waals surface area (Å²) >= 11 is 0. The number of fused-ring (bicyclic) bond motifs is 1. The van der Waals surface area contributed by atoms with Gasteiger partial charge in [0, 0.05) is 16.6 Å². The third kappa shape index (κ3) is 1.91.